The number of phenolic OH excluding ortho intramolecular Hbond substituents is 1. The van der Waals surface area contributed by atoms with Crippen molar-refractivity contribution in [2.75, 3.05) is 16.4 Å². The lowest BCUT2D eigenvalue weighted by atomic mass is 10.0. The van der Waals surface area contributed by atoms with Crippen molar-refractivity contribution in [1.29, 1.82) is 0 Å². The maximum Gasteiger partial charge on any atom is 0.323 e. The molecule has 4 N–H and O–H groups in total. The first-order chi connectivity index (χ1) is 25.0. The molecule has 12 nitrogen and oxygen atoms in total. The van der Waals surface area contributed by atoms with Crippen molar-refractivity contribution in [1.82, 2.24) is 20.2 Å². The van der Waals surface area contributed by atoms with Crippen LogP contribution in [0.15, 0.2) is 133 Å². The van der Waals surface area contributed by atoms with Crippen LogP contribution >= 0.6 is 11.8 Å². The maximum absolute atomic E-state index is 13.0. The van der Waals surface area contributed by atoms with Crippen LogP contribution in [0, 0.1) is 0 Å². The fourth-order valence-corrected chi connectivity index (χ4v) is 6.41. The van der Waals surface area contributed by atoms with Gasteiger partial charge in [-0.1, -0.05) is 66.4 Å². The number of anilines is 2. The topological polar surface area (TPSA) is 153 Å². The number of aromatic nitrogens is 4. The highest BCUT2D eigenvalue weighted by Crippen LogP contribution is 2.40. The number of carbonyl (C=O) groups excluding carboxylic acids is 1. The number of tetrazole rings is 1. The number of ether oxygens (including phenoxy) is 3. The Bertz CT molecular complexity index is 2050. The SMILES string of the molecule is O=C(Nc1ccc(Oc2ccccc2)cc1)Nc1cccc(C2OC(CSc3nnnn3-c3ccc(O)cc3)CC(c3ccc(CO)cc3)O2)c1. The molecule has 0 aliphatic carbocycles. The molecule has 1 aliphatic rings. The predicted octanol–water partition coefficient (Wildman–Crippen LogP) is 7.63. The van der Waals surface area contributed by atoms with Crippen LogP contribution in [0.2, 0.25) is 0 Å². The molecule has 0 spiro atoms. The number of rotatable bonds is 11. The smallest absolute Gasteiger partial charge is 0.323 e. The minimum atomic E-state index is -0.734. The molecule has 1 saturated heterocycles. The highest BCUT2D eigenvalue weighted by Gasteiger charge is 2.33. The number of para-hydroxylation sites is 1. The van der Waals surface area contributed by atoms with E-state index < -0.39 is 12.3 Å². The molecular weight excluding hydrogens is 669 g/mol. The average Bonchev–Trinajstić information content (AvgIpc) is 3.64. The van der Waals surface area contributed by atoms with Gasteiger partial charge in [-0.25, -0.2) is 4.79 Å². The predicted molar refractivity (Wildman–Crippen MR) is 192 cm³/mol. The highest BCUT2D eigenvalue weighted by molar-refractivity contribution is 7.99. The van der Waals surface area contributed by atoms with E-state index in [0.717, 1.165) is 28.1 Å². The number of carbonyl (C=O) groups is 1. The van der Waals surface area contributed by atoms with Crippen molar-refractivity contribution in [3.63, 3.8) is 0 Å². The first-order valence-electron chi connectivity index (χ1n) is 16.2. The highest BCUT2D eigenvalue weighted by atomic mass is 32.2. The fourth-order valence-electron chi connectivity index (χ4n) is 5.50. The largest absolute Gasteiger partial charge is 0.508 e. The number of hydrogen-bond acceptors (Lipinski definition) is 10. The van der Waals surface area contributed by atoms with Gasteiger partial charge < -0.3 is 35.1 Å². The molecule has 5 aromatic carbocycles. The van der Waals surface area contributed by atoms with E-state index in [1.54, 1.807) is 59.3 Å². The van der Waals surface area contributed by atoms with Gasteiger partial charge in [0.1, 0.15) is 17.2 Å². The van der Waals surface area contributed by atoms with Crippen LogP contribution in [0.3, 0.4) is 0 Å². The number of benzene rings is 5. The Morgan fingerprint density at radius 3 is 2.33 bits per heavy atom. The van der Waals surface area contributed by atoms with Crippen LogP contribution < -0.4 is 15.4 Å². The summed E-state index contributed by atoms with van der Waals surface area (Å²) in [6.45, 7) is -0.0477. The molecule has 1 aromatic heterocycles. The van der Waals surface area contributed by atoms with Crippen LogP contribution in [0.5, 0.6) is 17.2 Å². The first-order valence-corrected chi connectivity index (χ1v) is 17.2. The van der Waals surface area contributed by atoms with E-state index in [2.05, 4.69) is 26.2 Å². The number of hydrogen-bond donors (Lipinski definition) is 4. The number of thioether (sulfide) groups is 1. The Hall–Kier alpha value is -5.73. The summed E-state index contributed by atoms with van der Waals surface area (Å²) in [5.74, 6) is 2.06. The number of nitrogens with zero attached hydrogens (tertiary/aromatic N) is 4. The summed E-state index contributed by atoms with van der Waals surface area (Å²) in [5.41, 5.74) is 4.39. The Balaban J connectivity index is 1.03. The summed E-state index contributed by atoms with van der Waals surface area (Å²) >= 11 is 1.45. The molecule has 0 bridgehead atoms. The second kappa shape index (κ2) is 15.9. The van der Waals surface area contributed by atoms with Crippen molar-refractivity contribution in [3.8, 4) is 22.9 Å². The van der Waals surface area contributed by atoms with Gasteiger partial charge in [0.25, 0.3) is 0 Å². The number of nitrogens with one attached hydrogen (secondary N) is 2. The van der Waals surface area contributed by atoms with Gasteiger partial charge in [-0.2, -0.15) is 4.68 Å². The van der Waals surface area contributed by atoms with E-state index in [1.165, 1.54) is 11.8 Å². The third-order valence-electron chi connectivity index (χ3n) is 8.06. The Morgan fingerprint density at radius 1 is 0.824 bits per heavy atom. The van der Waals surface area contributed by atoms with E-state index in [0.29, 0.717) is 34.5 Å². The molecule has 0 radical (unpaired) electrons. The Labute approximate surface area is 298 Å². The van der Waals surface area contributed by atoms with E-state index in [1.807, 2.05) is 72.8 Å². The van der Waals surface area contributed by atoms with Crippen LogP contribution in [-0.2, 0) is 16.1 Å². The number of phenols is 1. The molecule has 3 atom stereocenters. The molecule has 2 heterocycles. The van der Waals surface area contributed by atoms with E-state index >= 15 is 0 Å². The van der Waals surface area contributed by atoms with Gasteiger partial charge in [0.15, 0.2) is 6.29 Å². The van der Waals surface area contributed by atoms with Gasteiger partial charge in [0.05, 0.1) is 24.5 Å². The summed E-state index contributed by atoms with van der Waals surface area (Å²) in [5, 5.41) is 37.8. The third kappa shape index (κ3) is 8.71. The van der Waals surface area contributed by atoms with Crippen molar-refractivity contribution < 1.29 is 29.2 Å². The molecule has 3 unspecified atom stereocenters. The third-order valence-corrected chi connectivity index (χ3v) is 9.11. The van der Waals surface area contributed by atoms with Gasteiger partial charge in [0.2, 0.25) is 5.16 Å². The summed E-state index contributed by atoms with van der Waals surface area (Å²) < 4.78 is 20.5. The molecule has 0 saturated carbocycles. The molecule has 6 aromatic rings. The van der Waals surface area contributed by atoms with Gasteiger partial charge in [-0.3, -0.25) is 0 Å². The second-order valence-corrected chi connectivity index (χ2v) is 12.7. The molecule has 1 aliphatic heterocycles. The minimum absolute atomic E-state index is 0.0477. The van der Waals surface area contributed by atoms with E-state index in [9.17, 15) is 15.0 Å². The molecule has 13 heteroatoms. The number of amides is 2. The van der Waals surface area contributed by atoms with Crippen molar-refractivity contribution in [2.24, 2.45) is 0 Å². The number of urea groups is 1. The fraction of sp³-hybridized carbons (Fsp3) is 0.158. The van der Waals surface area contributed by atoms with Crippen LogP contribution in [0.25, 0.3) is 5.69 Å². The van der Waals surface area contributed by atoms with E-state index in [4.69, 9.17) is 14.2 Å². The summed E-state index contributed by atoms with van der Waals surface area (Å²) in [7, 11) is 0. The lowest BCUT2D eigenvalue weighted by molar-refractivity contribution is -0.245. The number of aromatic hydroxyl groups is 1. The van der Waals surface area contributed by atoms with Gasteiger partial charge in [-0.15, -0.1) is 5.10 Å². The summed E-state index contributed by atoms with van der Waals surface area (Å²) in [6, 6.07) is 37.8. The Morgan fingerprint density at radius 2 is 1.57 bits per heavy atom. The summed E-state index contributed by atoms with van der Waals surface area (Å²) in [4.78, 5) is 13.0. The van der Waals surface area contributed by atoms with Crippen LogP contribution in [0.1, 0.15) is 35.5 Å². The molecule has 7 rings (SSSR count). The number of aliphatic hydroxyl groups is 1. The molecule has 1 fully saturated rings. The normalized spacial score (nSPS) is 17.1. The standard InChI is InChI=1S/C38H34N6O6S/c45-23-25-9-11-26(12-10-25)35-22-34(24-51-38-41-42-43-44(38)30-15-17-31(46)18-16-30)49-36(50-35)27-5-4-6-29(21-27)40-37(47)39-28-13-19-33(20-14-28)48-32-7-2-1-3-8-32/h1-21,34-36,45-46H,22-24H2,(H2,39,40,47). The minimum Gasteiger partial charge on any atom is -0.508 e. The zero-order valence-corrected chi connectivity index (χ0v) is 28.0. The average molecular weight is 703 g/mol. The summed E-state index contributed by atoms with van der Waals surface area (Å²) in [6.07, 6.45) is -0.723. The van der Waals surface area contributed by atoms with Crippen molar-refractivity contribution in [2.45, 2.75) is 36.7 Å². The first kappa shape index (κ1) is 33.8. The lowest BCUT2D eigenvalue weighted by Gasteiger charge is -2.36. The zero-order chi connectivity index (χ0) is 35.0. The van der Waals surface area contributed by atoms with Gasteiger partial charge in [0, 0.05) is 29.1 Å². The van der Waals surface area contributed by atoms with Crippen LogP contribution in [0.4, 0.5) is 16.2 Å². The van der Waals surface area contributed by atoms with E-state index in [-0.39, 0.29) is 24.6 Å². The zero-order valence-electron chi connectivity index (χ0n) is 27.2. The second-order valence-electron chi connectivity index (χ2n) is 11.7. The van der Waals surface area contributed by atoms with Crippen molar-refractivity contribution in [3.05, 3.63) is 144 Å². The van der Waals surface area contributed by atoms with Gasteiger partial charge in [-0.05, 0) is 94.4 Å². The van der Waals surface area contributed by atoms with Crippen LogP contribution in [-0.4, -0.2) is 48.3 Å². The quantitative estimate of drug-likeness (QED) is 0.0992. The molecule has 51 heavy (non-hydrogen) atoms. The molecular formula is C38H34N6O6S. The number of aliphatic hydroxyl groups excluding tert-OH is 1. The maximum atomic E-state index is 13.0. The van der Waals surface area contributed by atoms with Crippen molar-refractivity contribution >= 4 is 29.2 Å². The molecule has 2 amide bonds. The van der Waals surface area contributed by atoms with Gasteiger partial charge >= 0.3 is 6.03 Å². The Kier molecular flexibility index (Phi) is 10.5. The monoisotopic (exact) mass is 702 g/mol. The molecule has 258 valence electrons. The lowest BCUT2D eigenvalue weighted by Crippen LogP contribution is -2.31.